The number of methoxy groups -OCH3 is 5. The molecule has 3 aromatic carbocycles. The minimum absolute atomic E-state index is 0.179. The van der Waals surface area contributed by atoms with Crippen LogP contribution in [-0.2, 0) is 14.3 Å². The highest BCUT2D eigenvalue weighted by atomic mass is 16.6. The van der Waals surface area contributed by atoms with Gasteiger partial charge in [-0.3, -0.25) is 0 Å². The Morgan fingerprint density at radius 2 is 1.13 bits per heavy atom. The molecule has 244 valence electrons. The summed E-state index contributed by atoms with van der Waals surface area (Å²) < 4.78 is 45.4. The molecular formula is C35H44O10. The molecule has 1 N–H and O–H groups in total. The number of hydrogen-bond acceptors (Lipinski definition) is 10. The van der Waals surface area contributed by atoms with E-state index in [9.17, 15) is 9.90 Å². The molecule has 0 spiro atoms. The van der Waals surface area contributed by atoms with E-state index in [1.807, 2.05) is 30.3 Å². The molecule has 1 aliphatic rings. The van der Waals surface area contributed by atoms with E-state index in [1.54, 1.807) is 66.6 Å². The second-order valence-electron chi connectivity index (χ2n) is 11.2. The molecule has 45 heavy (non-hydrogen) atoms. The van der Waals surface area contributed by atoms with E-state index in [0.717, 1.165) is 11.1 Å². The molecule has 0 unspecified atom stereocenters. The number of ether oxygens (including phenoxy) is 8. The molecule has 0 amide bonds. The van der Waals surface area contributed by atoms with Gasteiger partial charge in [0.05, 0.1) is 47.8 Å². The highest BCUT2D eigenvalue weighted by Crippen LogP contribution is 2.51. The van der Waals surface area contributed by atoms with Crippen LogP contribution in [0.5, 0.6) is 34.5 Å². The Hall–Kier alpha value is -4.15. The Morgan fingerprint density at radius 1 is 0.667 bits per heavy atom. The molecule has 0 saturated carbocycles. The second kappa shape index (κ2) is 14.8. The summed E-state index contributed by atoms with van der Waals surface area (Å²) >= 11 is 0. The number of aliphatic hydroxyl groups is 1. The molecule has 7 atom stereocenters. The average molecular weight is 625 g/mol. The molecule has 1 saturated heterocycles. The van der Waals surface area contributed by atoms with Crippen molar-refractivity contribution in [3.05, 3.63) is 71.3 Å². The lowest BCUT2D eigenvalue weighted by Gasteiger charge is -2.24. The first-order valence-corrected chi connectivity index (χ1v) is 14.9. The summed E-state index contributed by atoms with van der Waals surface area (Å²) in [6.07, 6.45) is -2.70. The van der Waals surface area contributed by atoms with Crippen LogP contribution in [0.1, 0.15) is 62.7 Å². The standard InChI is InChI=1S/C35H44O10/c1-19-20(2)34(25-12-15-28(31(18-25)41-8)44-22(4)35(37)42-9)45-33(19)24-11-14-27(30(17-24)40-7)43-21(3)32(36)23-10-13-26(38-5)29(16-23)39-6/h10-22,32-34,36H,1-9H3/t19-,20-,21-,22+,32+,33+,34+/m1/s1. The van der Waals surface area contributed by atoms with Crippen molar-refractivity contribution < 1.29 is 47.8 Å². The maximum Gasteiger partial charge on any atom is 0.346 e. The van der Waals surface area contributed by atoms with Crippen LogP contribution in [0.3, 0.4) is 0 Å². The first-order valence-electron chi connectivity index (χ1n) is 14.9. The maximum atomic E-state index is 11.8. The number of hydrogen-bond donors (Lipinski definition) is 1. The molecule has 0 bridgehead atoms. The van der Waals surface area contributed by atoms with Crippen molar-refractivity contribution in [2.75, 3.05) is 35.5 Å². The first-order chi connectivity index (χ1) is 21.6. The van der Waals surface area contributed by atoms with Gasteiger partial charge in [0.25, 0.3) is 0 Å². The molecule has 10 nitrogen and oxygen atoms in total. The third-order valence-corrected chi connectivity index (χ3v) is 8.45. The van der Waals surface area contributed by atoms with E-state index in [4.69, 9.17) is 37.9 Å². The third kappa shape index (κ3) is 7.23. The predicted octanol–water partition coefficient (Wildman–Crippen LogP) is 6.25. The maximum absolute atomic E-state index is 11.8. The van der Waals surface area contributed by atoms with Gasteiger partial charge < -0.3 is 43.0 Å². The van der Waals surface area contributed by atoms with Gasteiger partial charge in [-0.15, -0.1) is 0 Å². The van der Waals surface area contributed by atoms with Crippen molar-refractivity contribution in [3.8, 4) is 34.5 Å². The minimum Gasteiger partial charge on any atom is -0.493 e. The van der Waals surface area contributed by atoms with Crippen LogP contribution in [0.4, 0.5) is 0 Å². The molecule has 1 aliphatic heterocycles. The number of rotatable bonds is 13. The zero-order valence-corrected chi connectivity index (χ0v) is 27.4. The molecule has 4 rings (SSSR count). The summed E-state index contributed by atoms with van der Waals surface area (Å²) in [5.74, 6) is 2.98. The van der Waals surface area contributed by atoms with Crippen LogP contribution in [-0.4, -0.2) is 58.8 Å². The lowest BCUT2D eigenvalue weighted by Crippen LogP contribution is -2.25. The molecule has 3 aromatic rings. The van der Waals surface area contributed by atoms with Crippen LogP contribution >= 0.6 is 0 Å². The van der Waals surface area contributed by atoms with Crippen LogP contribution < -0.4 is 28.4 Å². The van der Waals surface area contributed by atoms with Gasteiger partial charge in [-0.1, -0.05) is 32.0 Å². The van der Waals surface area contributed by atoms with Crippen molar-refractivity contribution in [1.29, 1.82) is 0 Å². The smallest absolute Gasteiger partial charge is 0.346 e. The topological polar surface area (TPSA) is 111 Å². The lowest BCUT2D eigenvalue weighted by molar-refractivity contribution is -0.147. The van der Waals surface area contributed by atoms with Gasteiger partial charge in [-0.2, -0.15) is 0 Å². The summed E-state index contributed by atoms with van der Waals surface area (Å²) in [7, 11) is 7.58. The zero-order chi connectivity index (χ0) is 32.8. The van der Waals surface area contributed by atoms with E-state index in [1.165, 1.54) is 7.11 Å². The number of aliphatic hydroxyl groups excluding tert-OH is 1. The van der Waals surface area contributed by atoms with Crippen molar-refractivity contribution in [3.63, 3.8) is 0 Å². The second-order valence-corrected chi connectivity index (χ2v) is 11.2. The van der Waals surface area contributed by atoms with Crippen LogP contribution in [0.2, 0.25) is 0 Å². The predicted molar refractivity (Wildman–Crippen MR) is 168 cm³/mol. The largest absolute Gasteiger partial charge is 0.493 e. The van der Waals surface area contributed by atoms with Gasteiger partial charge in [0, 0.05) is 0 Å². The highest BCUT2D eigenvalue weighted by Gasteiger charge is 2.41. The Kier molecular flexibility index (Phi) is 11.1. The Labute approximate surface area is 265 Å². The van der Waals surface area contributed by atoms with Crippen molar-refractivity contribution in [2.45, 2.75) is 58.2 Å². The fraction of sp³-hybridized carbons (Fsp3) is 0.457. The van der Waals surface area contributed by atoms with E-state index in [2.05, 4.69) is 13.8 Å². The van der Waals surface area contributed by atoms with Gasteiger partial charge in [0.2, 0.25) is 0 Å². The van der Waals surface area contributed by atoms with Crippen molar-refractivity contribution in [1.82, 2.24) is 0 Å². The normalized spacial score (nSPS) is 21.3. The molecular weight excluding hydrogens is 580 g/mol. The van der Waals surface area contributed by atoms with Gasteiger partial charge >= 0.3 is 5.97 Å². The average Bonchev–Trinajstić information content (AvgIpc) is 3.36. The fourth-order valence-electron chi connectivity index (χ4n) is 5.62. The van der Waals surface area contributed by atoms with Crippen LogP contribution in [0, 0.1) is 11.8 Å². The van der Waals surface area contributed by atoms with E-state index in [-0.39, 0.29) is 24.0 Å². The lowest BCUT2D eigenvalue weighted by atomic mass is 9.85. The monoisotopic (exact) mass is 624 g/mol. The van der Waals surface area contributed by atoms with Gasteiger partial charge in [-0.05, 0) is 78.8 Å². The quantitative estimate of drug-likeness (QED) is 0.219. The van der Waals surface area contributed by atoms with E-state index in [0.29, 0.717) is 40.1 Å². The zero-order valence-electron chi connectivity index (χ0n) is 27.4. The minimum atomic E-state index is -0.925. The molecule has 0 radical (unpaired) electrons. The molecule has 1 heterocycles. The van der Waals surface area contributed by atoms with Crippen molar-refractivity contribution in [2.24, 2.45) is 11.8 Å². The number of carbonyl (C=O) groups excluding carboxylic acids is 1. The molecule has 0 aromatic heterocycles. The number of benzene rings is 3. The number of esters is 1. The Morgan fingerprint density at radius 3 is 1.62 bits per heavy atom. The summed E-state index contributed by atoms with van der Waals surface area (Å²) in [6.45, 7) is 7.75. The molecule has 0 aliphatic carbocycles. The summed E-state index contributed by atoms with van der Waals surface area (Å²) in [4.78, 5) is 11.8. The van der Waals surface area contributed by atoms with Crippen molar-refractivity contribution >= 4 is 5.97 Å². The summed E-state index contributed by atoms with van der Waals surface area (Å²) in [5.41, 5.74) is 2.53. The molecule has 1 fully saturated rings. The van der Waals surface area contributed by atoms with Gasteiger partial charge in [-0.25, -0.2) is 4.79 Å². The summed E-state index contributed by atoms with van der Waals surface area (Å²) in [6, 6.07) is 16.6. The number of carbonyl (C=O) groups is 1. The Balaban J connectivity index is 1.50. The highest BCUT2D eigenvalue weighted by molar-refractivity contribution is 5.74. The van der Waals surface area contributed by atoms with Gasteiger partial charge in [0.15, 0.2) is 40.6 Å². The van der Waals surface area contributed by atoms with Gasteiger partial charge in [0.1, 0.15) is 12.2 Å². The first kappa shape index (κ1) is 33.7. The third-order valence-electron chi connectivity index (χ3n) is 8.45. The summed E-state index contributed by atoms with van der Waals surface area (Å²) in [5, 5.41) is 11.0. The molecule has 10 heteroatoms. The van der Waals surface area contributed by atoms with Crippen LogP contribution in [0.25, 0.3) is 0 Å². The van der Waals surface area contributed by atoms with Crippen LogP contribution in [0.15, 0.2) is 54.6 Å². The fourth-order valence-corrected chi connectivity index (χ4v) is 5.62. The van der Waals surface area contributed by atoms with E-state index >= 15 is 0 Å². The SMILES string of the molecule is COC(=O)[C@H](C)Oc1ccc([C@H]2O[C@H](c3ccc(O[C@H](C)[C@H](O)c4ccc(OC)c(OC)c4)c(OC)c3)[C@H](C)[C@H]2C)cc1OC. The Bertz CT molecular complexity index is 1460. The van der Waals surface area contributed by atoms with E-state index < -0.39 is 24.3 Å².